The summed E-state index contributed by atoms with van der Waals surface area (Å²) in [6.45, 7) is 3.71. The maximum atomic E-state index is 12.1. The Bertz CT molecular complexity index is 782. The van der Waals surface area contributed by atoms with E-state index in [1.54, 1.807) is 30.5 Å². The van der Waals surface area contributed by atoms with Gasteiger partial charge in [0.1, 0.15) is 5.76 Å². The van der Waals surface area contributed by atoms with Gasteiger partial charge in [-0.1, -0.05) is 12.1 Å². The van der Waals surface area contributed by atoms with E-state index in [0.717, 1.165) is 17.9 Å². The van der Waals surface area contributed by atoms with Crippen molar-refractivity contribution in [2.24, 2.45) is 4.99 Å². The zero-order valence-corrected chi connectivity index (χ0v) is 15.5. The van der Waals surface area contributed by atoms with E-state index in [2.05, 4.69) is 15.6 Å². The molecule has 1 aromatic carbocycles. The molecule has 0 unspecified atom stereocenters. The Balaban J connectivity index is 2.02. The molecule has 2 aromatic rings. The summed E-state index contributed by atoms with van der Waals surface area (Å²) in [5.74, 6) is 1.49. The van der Waals surface area contributed by atoms with Crippen LogP contribution in [0.3, 0.4) is 0 Å². The van der Waals surface area contributed by atoms with Crippen LogP contribution < -0.4 is 10.6 Å². The molecule has 0 radical (unpaired) electrons. The SMILES string of the molecule is CCNC(=NCc1ccc(S(=O)(=O)N(C)C)cc1)NCc1ccco1. The maximum absolute atomic E-state index is 12.1. The molecule has 2 rings (SSSR count). The summed E-state index contributed by atoms with van der Waals surface area (Å²) in [4.78, 5) is 4.77. The van der Waals surface area contributed by atoms with Gasteiger partial charge in [-0.2, -0.15) is 0 Å². The average Bonchev–Trinajstić information content (AvgIpc) is 3.11. The number of furan rings is 1. The fourth-order valence-corrected chi connectivity index (χ4v) is 2.98. The number of aliphatic imine (C=N–C) groups is 1. The van der Waals surface area contributed by atoms with E-state index in [1.165, 1.54) is 18.4 Å². The lowest BCUT2D eigenvalue weighted by Gasteiger charge is -2.12. The molecule has 0 atom stereocenters. The normalized spacial score (nSPS) is 12.4. The van der Waals surface area contributed by atoms with Crippen molar-refractivity contribution < 1.29 is 12.8 Å². The fourth-order valence-electron chi connectivity index (χ4n) is 2.07. The van der Waals surface area contributed by atoms with E-state index in [9.17, 15) is 8.42 Å². The second kappa shape index (κ2) is 8.68. The highest BCUT2D eigenvalue weighted by molar-refractivity contribution is 7.89. The van der Waals surface area contributed by atoms with E-state index in [1.807, 2.05) is 19.1 Å². The fraction of sp³-hybridized carbons (Fsp3) is 0.353. The second-order valence-electron chi connectivity index (χ2n) is 5.56. The smallest absolute Gasteiger partial charge is 0.242 e. The van der Waals surface area contributed by atoms with Crippen molar-refractivity contribution in [3.05, 3.63) is 54.0 Å². The third-order valence-electron chi connectivity index (χ3n) is 3.48. The summed E-state index contributed by atoms with van der Waals surface area (Å²) in [7, 11) is -0.375. The van der Waals surface area contributed by atoms with Gasteiger partial charge in [0.15, 0.2) is 5.96 Å². The average molecular weight is 364 g/mol. The van der Waals surface area contributed by atoms with Crippen molar-refractivity contribution in [2.45, 2.75) is 24.9 Å². The van der Waals surface area contributed by atoms with E-state index in [4.69, 9.17) is 4.42 Å². The van der Waals surface area contributed by atoms with Gasteiger partial charge in [0.2, 0.25) is 10.0 Å². The number of nitrogens with one attached hydrogen (secondary N) is 2. The van der Waals surface area contributed by atoms with Gasteiger partial charge in [0.05, 0.1) is 24.2 Å². The number of nitrogens with zero attached hydrogens (tertiary/aromatic N) is 2. The van der Waals surface area contributed by atoms with Gasteiger partial charge in [-0.05, 0) is 36.8 Å². The molecule has 0 aliphatic rings. The van der Waals surface area contributed by atoms with Crippen LogP contribution in [-0.4, -0.2) is 39.3 Å². The highest BCUT2D eigenvalue weighted by Gasteiger charge is 2.16. The Labute approximate surface area is 148 Å². The van der Waals surface area contributed by atoms with Crippen LogP contribution in [0.25, 0.3) is 0 Å². The first-order valence-electron chi connectivity index (χ1n) is 7.99. The molecule has 25 heavy (non-hydrogen) atoms. The molecule has 0 saturated carbocycles. The quantitative estimate of drug-likeness (QED) is 0.578. The summed E-state index contributed by atoms with van der Waals surface area (Å²) < 4.78 is 30.6. The Kier molecular flexibility index (Phi) is 6.60. The molecule has 1 aromatic heterocycles. The molecule has 0 saturated heterocycles. The van der Waals surface area contributed by atoms with Crippen molar-refractivity contribution in [1.82, 2.24) is 14.9 Å². The van der Waals surface area contributed by atoms with E-state index in [0.29, 0.717) is 19.0 Å². The highest BCUT2D eigenvalue weighted by Crippen LogP contribution is 2.14. The van der Waals surface area contributed by atoms with Gasteiger partial charge < -0.3 is 15.1 Å². The van der Waals surface area contributed by atoms with Crippen LogP contribution in [0.4, 0.5) is 0 Å². The van der Waals surface area contributed by atoms with Crippen LogP contribution in [0.2, 0.25) is 0 Å². The molecule has 136 valence electrons. The Morgan fingerprint density at radius 3 is 2.44 bits per heavy atom. The Morgan fingerprint density at radius 1 is 1.16 bits per heavy atom. The van der Waals surface area contributed by atoms with Crippen molar-refractivity contribution in [1.29, 1.82) is 0 Å². The minimum absolute atomic E-state index is 0.271. The van der Waals surface area contributed by atoms with Crippen LogP contribution in [0.1, 0.15) is 18.2 Å². The zero-order chi connectivity index (χ0) is 18.3. The first kappa shape index (κ1) is 19.0. The van der Waals surface area contributed by atoms with Crippen molar-refractivity contribution in [3.63, 3.8) is 0 Å². The van der Waals surface area contributed by atoms with Gasteiger partial charge in [-0.3, -0.25) is 0 Å². The lowest BCUT2D eigenvalue weighted by atomic mass is 10.2. The lowest BCUT2D eigenvalue weighted by Crippen LogP contribution is -2.36. The molecule has 1 heterocycles. The molecular weight excluding hydrogens is 340 g/mol. The Morgan fingerprint density at radius 2 is 1.88 bits per heavy atom. The number of guanidine groups is 1. The number of sulfonamides is 1. The van der Waals surface area contributed by atoms with Crippen LogP contribution in [0.5, 0.6) is 0 Å². The van der Waals surface area contributed by atoms with Crippen molar-refractivity contribution in [2.75, 3.05) is 20.6 Å². The zero-order valence-electron chi connectivity index (χ0n) is 14.7. The van der Waals surface area contributed by atoms with Crippen LogP contribution >= 0.6 is 0 Å². The van der Waals surface area contributed by atoms with Crippen molar-refractivity contribution in [3.8, 4) is 0 Å². The third-order valence-corrected chi connectivity index (χ3v) is 5.31. The van der Waals surface area contributed by atoms with Crippen LogP contribution in [0.15, 0.2) is 57.0 Å². The first-order chi connectivity index (χ1) is 11.9. The number of hydrogen-bond donors (Lipinski definition) is 2. The lowest BCUT2D eigenvalue weighted by molar-refractivity contribution is 0.501. The van der Waals surface area contributed by atoms with Gasteiger partial charge in [-0.25, -0.2) is 17.7 Å². The summed E-state index contributed by atoms with van der Waals surface area (Å²) in [5.41, 5.74) is 0.924. The standard InChI is InChI=1S/C17H24N4O3S/c1-4-18-17(20-13-15-6-5-11-24-15)19-12-14-7-9-16(10-8-14)25(22,23)21(2)3/h5-11H,4,12-13H2,1-3H3,(H2,18,19,20). The van der Waals surface area contributed by atoms with Crippen LogP contribution in [0, 0.1) is 0 Å². The van der Waals surface area contributed by atoms with E-state index < -0.39 is 10.0 Å². The van der Waals surface area contributed by atoms with Gasteiger partial charge in [0.25, 0.3) is 0 Å². The molecule has 8 heteroatoms. The van der Waals surface area contributed by atoms with Crippen molar-refractivity contribution >= 4 is 16.0 Å². The summed E-state index contributed by atoms with van der Waals surface area (Å²) >= 11 is 0. The Hall–Kier alpha value is -2.32. The maximum Gasteiger partial charge on any atom is 0.242 e. The predicted molar refractivity (Wildman–Crippen MR) is 97.7 cm³/mol. The minimum Gasteiger partial charge on any atom is -0.467 e. The largest absolute Gasteiger partial charge is 0.467 e. The number of rotatable bonds is 7. The van der Waals surface area contributed by atoms with Gasteiger partial charge in [-0.15, -0.1) is 0 Å². The number of hydrogen-bond acceptors (Lipinski definition) is 4. The van der Waals surface area contributed by atoms with Crippen LogP contribution in [-0.2, 0) is 23.1 Å². The van der Waals surface area contributed by atoms with E-state index in [-0.39, 0.29) is 4.90 Å². The molecule has 0 aliphatic heterocycles. The molecule has 7 nitrogen and oxygen atoms in total. The van der Waals surface area contributed by atoms with E-state index >= 15 is 0 Å². The molecule has 2 N–H and O–H groups in total. The monoisotopic (exact) mass is 364 g/mol. The topological polar surface area (TPSA) is 86.9 Å². The summed E-state index contributed by atoms with van der Waals surface area (Å²) in [6, 6.07) is 10.5. The molecule has 0 amide bonds. The first-order valence-corrected chi connectivity index (χ1v) is 9.43. The van der Waals surface area contributed by atoms with Gasteiger partial charge >= 0.3 is 0 Å². The summed E-state index contributed by atoms with van der Waals surface area (Å²) in [5, 5.41) is 6.35. The minimum atomic E-state index is -3.40. The van der Waals surface area contributed by atoms with Gasteiger partial charge in [0, 0.05) is 20.6 Å². The third kappa shape index (κ3) is 5.33. The molecule has 0 aliphatic carbocycles. The highest BCUT2D eigenvalue weighted by atomic mass is 32.2. The molecule has 0 bridgehead atoms. The molecule has 0 spiro atoms. The predicted octanol–water partition coefficient (Wildman–Crippen LogP) is 1.79. The second-order valence-corrected chi connectivity index (χ2v) is 7.71. The number of benzene rings is 1. The summed E-state index contributed by atoms with van der Waals surface area (Å²) in [6.07, 6.45) is 1.63. The molecule has 0 fully saturated rings. The molecular formula is C17H24N4O3S.